The number of rotatable bonds is 2. The van der Waals surface area contributed by atoms with Gasteiger partial charge in [-0.15, -0.1) is 0 Å². The molecule has 2 nitrogen and oxygen atoms in total. The Morgan fingerprint density at radius 3 is 2.71 bits per heavy atom. The fourth-order valence-corrected chi connectivity index (χ4v) is 2.38. The second kappa shape index (κ2) is 3.72. The highest BCUT2D eigenvalue weighted by Gasteiger charge is 2.31. The van der Waals surface area contributed by atoms with E-state index in [9.17, 15) is 5.11 Å². The maximum absolute atomic E-state index is 9.78. The fourth-order valence-electron chi connectivity index (χ4n) is 1.55. The molecule has 14 heavy (non-hydrogen) atoms. The van der Waals surface area contributed by atoms with Crippen molar-refractivity contribution in [3.63, 3.8) is 0 Å². The van der Waals surface area contributed by atoms with Crippen LogP contribution in [0.4, 0.5) is 0 Å². The zero-order valence-corrected chi connectivity index (χ0v) is 9.85. The maximum Gasteiger partial charge on any atom is 0.134 e. The van der Waals surface area contributed by atoms with E-state index in [2.05, 4.69) is 15.9 Å². The molecule has 1 aliphatic carbocycles. The number of nitrogens with two attached hydrogens (primary N) is 1. The molecule has 1 aliphatic rings. The third-order valence-electron chi connectivity index (χ3n) is 2.55. The van der Waals surface area contributed by atoms with Crippen molar-refractivity contribution in [1.29, 1.82) is 0 Å². The average molecular weight is 277 g/mol. The molecule has 1 saturated carbocycles. The molecule has 1 fully saturated rings. The van der Waals surface area contributed by atoms with Crippen molar-refractivity contribution in [3.05, 3.63) is 27.2 Å². The lowest BCUT2D eigenvalue weighted by atomic mass is 10.0. The minimum atomic E-state index is -0.0926. The maximum atomic E-state index is 9.78. The molecule has 0 spiro atoms. The molecule has 0 aromatic heterocycles. The fraction of sp³-hybridized carbons (Fsp3) is 0.400. The molecular formula is C10H11BrClNO. The lowest BCUT2D eigenvalue weighted by Gasteiger charge is -2.14. The van der Waals surface area contributed by atoms with Crippen LogP contribution in [-0.2, 0) is 0 Å². The first-order valence-electron chi connectivity index (χ1n) is 4.53. The molecule has 0 radical (unpaired) electrons. The molecule has 1 aromatic rings. The number of hydrogen-bond acceptors (Lipinski definition) is 2. The quantitative estimate of drug-likeness (QED) is 0.871. The molecule has 0 heterocycles. The van der Waals surface area contributed by atoms with E-state index in [0.717, 1.165) is 18.4 Å². The Morgan fingerprint density at radius 2 is 2.14 bits per heavy atom. The molecule has 2 rings (SSSR count). The first-order valence-corrected chi connectivity index (χ1v) is 5.70. The van der Waals surface area contributed by atoms with E-state index in [-0.39, 0.29) is 11.8 Å². The van der Waals surface area contributed by atoms with Crippen molar-refractivity contribution in [2.24, 2.45) is 11.7 Å². The van der Waals surface area contributed by atoms with Crippen LogP contribution in [-0.4, -0.2) is 5.11 Å². The van der Waals surface area contributed by atoms with Crippen molar-refractivity contribution < 1.29 is 5.11 Å². The number of benzene rings is 1. The normalized spacial score (nSPS) is 18.2. The van der Waals surface area contributed by atoms with Crippen molar-refractivity contribution in [1.82, 2.24) is 0 Å². The molecular weight excluding hydrogens is 265 g/mol. The highest BCUT2D eigenvalue weighted by molar-refractivity contribution is 9.10. The molecule has 1 atom stereocenters. The smallest absolute Gasteiger partial charge is 0.134 e. The first-order chi connectivity index (χ1) is 6.59. The van der Waals surface area contributed by atoms with Gasteiger partial charge in [0, 0.05) is 16.6 Å². The topological polar surface area (TPSA) is 46.2 Å². The monoisotopic (exact) mass is 275 g/mol. The van der Waals surface area contributed by atoms with E-state index < -0.39 is 0 Å². The third-order valence-corrected chi connectivity index (χ3v) is 3.37. The Balaban J connectivity index is 2.39. The summed E-state index contributed by atoms with van der Waals surface area (Å²) in [5, 5.41) is 10.4. The van der Waals surface area contributed by atoms with Gasteiger partial charge in [0.15, 0.2) is 0 Å². The van der Waals surface area contributed by atoms with Crippen LogP contribution in [0.1, 0.15) is 24.4 Å². The number of hydrogen-bond donors (Lipinski definition) is 2. The summed E-state index contributed by atoms with van der Waals surface area (Å²) in [6, 6.07) is 3.31. The van der Waals surface area contributed by atoms with Gasteiger partial charge in [0.1, 0.15) is 5.75 Å². The predicted molar refractivity (Wildman–Crippen MR) is 60.5 cm³/mol. The van der Waals surface area contributed by atoms with Crippen LogP contribution in [0.5, 0.6) is 5.75 Å². The highest BCUT2D eigenvalue weighted by Crippen LogP contribution is 2.44. The second-order valence-electron chi connectivity index (χ2n) is 3.69. The Labute approximate surface area is 96.2 Å². The van der Waals surface area contributed by atoms with Crippen molar-refractivity contribution in [3.8, 4) is 5.75 Å². The van der Waals surface area contributed by atoms with Gasteiger partial charge < -0.3 is 10.8 Å². The van der Waals surface area contributed by atoms with Crippen molar-refractivity contribution in [2.45, 2.75) is 18.9 Å². The summed E-state index contributed by atoms with van der Waals surface area (Å²) in [5.41, 5.74) is 6.74. The van der Waals surface area contributed by atoms with E-state index in [1.165, 1.54) is 0 Å². The Bertz CT molecular complexity index is 365. The predicted octanol–water partition coefficient (Wildman–Crippen LogP) is 3.22. The van der Waals surface area contributed by atoms with Crippen LogP contribution >= 0.6 is 27.5 Å². The molecule has 0 amide bonds. The van der Waals surface area contributed by atoms with Crippen LogP contribution in [0.2, 0.25) is 5.02 Å². The van der Waals surface area contributed by atoms with Gasteiger partial charge in [-0.2, -0.15) is 0 Å². The van der Waals surface area contributed by atoms with E-state index in [0.29, 0.717) is 15.4 Å². The third kappa shape index (κ3) is 1.90. The highest BCUT2D eigenvalue weighted by atomic mass is 79.9. The molecule has 0 unspecified atom stereocenters. The summed E-state index contributed by atoms with van der Waals surface area (Å²) in [6.07, 6.45) is 2.29. The molecule has 1 aromatic carbocycles. The standard InChI is InChI=1S/C10H11BrClNO/c11-8-4-6(12)3-7(10(8)14)9(13)5-1-2-5/h3-5,9,14H,1-2,13H2/t9-/m1/s1. The van der Waals surface area contributed by atoms with Gasteiger partial charge in [-0.1, -0.05) is 11.6 Å². The summed E-state index contributed by atoms with van der Waals surface area (Å²) in [4.78, 5) is 0. The molecule has 0 saturated heterocycles. The number of phenols is 1. The van der Waals surface area contributed by atoms with Gasteiger partial charge in [0.25, 0.3) is 0 Å². The van der Waals surface area contributed by atoms with Crippen LogP contribution in [0, 0.1) is 5.92 Å². The summed E-state index contributed by atoms with van der Waals surface area (Å²) in [5.74, 6) is 0.722. The average Bonchev–Trinajstić information content (AvgIpc) is 2.93. The zero-order valence-electron chi connectivity index (χ0n) is 7.50. The zero-order chi connectivity index (χ0) is 10.3. The Kier molecular flexibility index (Phi) is 2.73. The summed E-state index contributed by atoms with van der Waals surface area (Å²) < 4.78 is 0.608. The lowest BCUT2D eigenvalue weighted by molar-refractivity contribution is 0.453. The van der Waals surface area contributed by atoms with Gasteiger partial charge in [-0.25, -0.2) is 0 Å². The van der Waals surface area contributed by atoms with Crippen LogP contribution < -0.4 is 5.73 Å². The van der Waals surface area contributed by atoms with E-state index in [1.807, 2.05) is 0 Å². The minimum Gasteiger partial charge on any atom is -0.506 e. The van der Waals surface area contributed by atoms with Crippen molar-refractivity contribution in [2.75, 3.05) is 0 Å². The summed E-state index contributed by atoms with van der Waals surface area (Å²) in [6.45, 7) is 0. The number of halogens is 2. The van der Waals surface area contributed by atoms with E-state index >= 15 is 0 Å². The molecule has 0 aliphatic heterocycles. The largest absolute Gasteiger partial charge is 0.506 e. The Hall–Kier alpha value is -0.250. The van der Waals surface area contributed by atoms with E-state index in [4.69, 9.17) is 17.3 Å². The van der Waals surface area contributed by atoms with Crippen LogP contribution in [0.15, 0.2) is 16.6 Å². The number of phenolic OH excluding ortho intramolecular Hbond substituents is 1. The molecule has 0 bridgehead atoms. The molecule has 3 N–H and O–H groups in total. The van der Waals surface area contributed by atoms with Gasteiger partial charge in [-0.3, -0.25) is 0 Å². The van der Waals surface area contributed by atoms with Crippen LogP contribution in [0.3, 0.4) is 0 Å². The van der Waals surface area contributed by atoms with E-state index in [1.54, 1.807) is 12.1 Å². The number of aromatic hydroxyl groups is 1. The summed E-state index contributed by atoms with van der Waals surface area (Å²) >= 11 is 9.14. The van der Waals surface area contributed by atoms with Gasteiger partial charge in [-0.05, 0) is 46.8 Å². The molecule has 4 heteroatoms. The van der Waals surface area contributed by atoms with Gasteiger partial charge >= 0.3 is 0 Å². The minimum absolute atomic E-state index is 0.0926. The lowest BCUT2D eigenvalue weighted by Crippen LogP contribution is -2.12. The molecule has 76 valence electrons. The SMILES string of the molecule is N[C@@H](c1cc(Cl)cc(Br)c1O)C1CC1. The Morgan fingerprint density at radius 1 is 1.50 bits per heavy atom. The second-order valence-corrected chi connectivity index (χ2v) is 4.98. The first kappa shape index (κ1) is 10.3. The van der Waals surface area contributed by atoms with Crippen molar-refractivity contribution >= 4 is 27.5 Å². The summed E-state index contributed by atoms with van der Waals surface area (Å²) in [7, 11) is 0. The van der Waals surface area contributed by atoms with Gasteiger partial charge in [0.2, 0.25) is 0 Å². The van der Waals surface area contributed by atoms with Crippen LogP contribution in [0.25, 0.3) is 0 Å². The van der Waals surface area contributed by atoms with Gasteiger partial charge in [0.05, 0.1) is 4.47 Å².